The minimum atomic E-state index is -0.452. The van der Waals surface area contributed by atoms with Gasteiger partial charge in [0.2, 0.25) is 0 Å². The molecule has 2 fully saturated rings. The second-order valence-electron chi connectivity index (χ2n) is 9.67. The summed E-state index contributed by atoms with van der Waals surface area (Å²) >= 11 is 0. The van der Waals surface area contributed by atoms with Gasteiger partial charge in [0.15, 0.2) is 0 Å². The number of benzene rings is 1. The Morgan fingerprint density at radius 3 is 2.70 bits per heavy atom. The lowest BCUT2D eigenvalue weighted by Crippen LogP contribution is -2.56. The fraction of sp³-hybridized carbons (Fsp3) is 0.600. The molecule has 1 saturated carbocycles. The molecular formula is C25H38N6O2. The van der Waals surface area contributed by atoms with E-state index in [9.17, 15) is 0 Å². The van der Waals surface area contributed by atoms with Crippen LogP contribution in [-0.4, -0.2) is 65.9 Å². The van der Waals surface area contributed by atoms with E-state index in [1.807, 2.05) is 24.3 Å². The molecule has 180 valence electrons. The molecule has 2 aliphatic rings. The lowest BCUT2D eigenvalue weighted by Gasteiger charge is -2.44. The molecule has 33 heavy (non-hydrogen) atoms. The van der Waals surface area contributed by atoms with Crippen LogP contribution < -0.4 is 21.1 Å². The molecule has 2 heterocycles. The fourth-order valence-corrected chi connectivity index (χ4v) is 4.67. The molecule has 1 saturated heterocycles. The van der Waals surface area contributed by atoms with Crippen molar-refractivity contribution in [2.75, 3.05) is 44.0 Å². The third-order valence-electron chi connectivity index (χ3n) is 7.00. The highest BCUT2D eigenvalue weighted by Gasteiger charge is 2.40. The van der Waals surface area contributed by atoms with Gasteiger partial charge < -0.3 is 25.8 Å². The summed E-state index contributed by atoms with van der Waals surface area (Å²) in [5.41, 5.74) is 15.1. The molecule has 8 nitrogen and oxygen atoms in total. The van der Waals surface area contributed by atoms with Gasteiger partial charge in [0.25, 0.3) is 0 Å². The monoisotopic (exact) mass is 454 g/mol. The Balaban J connectivity index is 1.51. The van der Waals surface area contributed by atoms with E-state index in [1.165, 1.54) is 0 Å². The van der Waals surface area contributed by atoms with Crippen LogP contribution in [0.25, 0.3) is 0 Å². The number of aromatic nitrogens is 2. The molecule has 0 bridgehead atoms. The van der Waals surface area contributed by atoms with E-state index >= 15 is 0 Å². The second-order valence-corrected chi connectivity index (χ2v) is 9.67. The van der Waals surface area contributed by atoms with Crippen LogP contribution in [0.4, 0.5) is 11.5 Å². The SMILES string of the molecule is CCC1CN(c2cc(C(N)c3cc(OC4(C)CC4)ccc3N)ncn2)CCN1C(C)COC. The van der Waals surface area contributed by atoms with Crippen LogP contribution in [0.2, 0.25) is 0 Å². The van der Waals surface area contributed by atoms with Crippen molar-refractivity contribution in [3.05, 3.63) is 41.9 Å². The highest BCUT2D eigenvalue weighted by molar-refractivity contribution is 5.55. The van der Waals surface area contributed by atoms with Crippen LogP contribution in [-0.2, 0) is 4.74 Å². The Hall–Kier alpha value is -2.42. The number of anilines is 2. The lowest BCUT2D eigenvalue weighted by atomic mass is 10.0. The number of nitrogens with zero attached hydrogens (tertiary/aromatic N) is 4. The van der Waals surface area contributed by atoms with Crippen molar-refractivity contribution in [3.8, 4) is 5.75 Å². The highest BCUT2D eigenvalue weighted by atomic mass is 16.5. The van der Waals surface area contributed by atoms with Crippen LogP contribution in [0.3, 0.4) is 0 Å². The van der Waals surface area contributed by atoms with Crippen LogP contribution in [0.1, 0.15) is 57.3 Å². The van der Waals surface area contributed by atoms with E-state index in [4.69, 9.17) is 20.9 Å². The van der Waals surface area contributed by atoms with E-state index in [2.05, 4.69) is 40.5 Å². The summed E-state index contributed by atoms with van der Waals surface area (Å²) < 4.78 is 11.5. The van der Waals surface area contributed by atoms with Crippen molar-refractivity contribution in [2.24, 2.45) is 5.73 Å². The molecule has 1 aromatic carbocycles. The largest absolute Gasteiger partial charge is 0.488 e. The molecule has 8 heteroatoms. The van der Waals surface area contributed by atoms with Crippen LogP contribution >= 0.6 is 0 Å². The Kier molecular flexibility index (Phi) is 7.07. The van der Waals surface area contributed by atoms with E-state index in [0.29, 0.717) is 17.8 Å². The number of rotatable bonds is 9. The predicted octanol–water partition coefficient (Wildman–Crippen LogP) is 2.97. The number of hydrogen-bond donors (Lipinski definition) is 2. The molecule has 1 aliphatic heterocycles. The van der Waals surface area contributed by atoms with Crippen molar-refractivity contribution >= 4 is 11.5 Å². The zero-order valence-electron chi connectivity index (χ0n) is 20.3. The van der Waals surface area contributed by atoms with Gasteiger partial charge in [-0.15, -0.1) is 0 Å². The van der Waals surface area contributed by atoms with Gasteiger partial charge in [0, 0.05) is 56.1 Å². The number of methoxy groups -OCH3 is 1. The Morgan fingerprint density at radius 1 is 1.21 bits per heavy atom. The van der Waals surface area contributed by atoms with Crippen molar-refractivity contribution < 1.29 is 9.47 Å². The van der Waals surface area contributed by atoms with Gasteiger partial charge in [-0.25, -0.2) is 9.97 Å². The Bertz CT molecular complexity index is 950. The summed E-state index contributed by atoms with van der Waals surface area (Å²) in [6.45, 7) is 10.1. The third-order valence-corrected chi connectivity index (χ3v) is 7.00. The Morgan fingerprint density at radius 2 is 2.00 bits per heavy atom. The normalized spacial score (nSPS) is 22.1. The number of ether oxygens (including phenoxy) is 2. The number of nitrogens with two attached hydrogens (primary N) is 2. The van der Waals surface area contributed by atoms with Gasteiger partial charge in [0.05, 0.1) is 18.3 Å². The molecule has 1 aliphatic carbocycles. The van der Waals surface area contributed by atoms with E-state index in [1.54, 1.807) is 13.4 Å². The fourth-order valence-electron chi connectivity index (χ4n) is 4.67. The van der Waals surface area contributed by atoms with Gasteiger partial charge in [-0.2, -0.15) is 0 Å². The van der Waals surface area contributed by atoms with Crippen molar-refractivity contribution in [3.63, 3.8) is 0 Å². The molecule has 3 unspecified atom stereocenters. The number of hydrogen-bond acceptors (Lipinski definition) is 8. The third kappa shape index (κ3) is 5.39. The maximum Gasteiger partial charge on any atom is 0.132 e. The summed E-state index contributed by atoms with van der Waals surface area (Å²) in [6, 6.07) is 8.12. The highest BCUT2D eigenvalue weighted by Crippen LogP contribution is 2.40. The average molecular weight is 455 g/mol. The summed E-state index contributed by atoms with van der Waals surface area (Å²) in [6.07, 6.45) is 4.83. The van der Waals surface area contributed by atoms with Gasteiger partial charge in [-0.1, -0.05) is 6.92 Å². The first-order chi connectivity index (χ1) is 15.8. The van der Waals surface area contributed by atoms with Crippen molar-refractivity contribution in [1.29, 1.82) is 0 Å². The predicted molar refractivity (Wildman–Crippen MR) is 132 cm³/mol. The molecule has 0 spiro atoms. The summed E-state index contributed by atoms with van der Waals surface area (Å²) in [7, 11) is 1.76. The van der Waals surface area contributed by atoms with Crippen LogP contribution in [0, 0.1) is 0 Å². The standard InChI is InChI=1S/C25H38N6O2/c1-5-18-14-30(10-11-31(18)17(2)15-32-4)23-13-22(28-16-29-23)24(27)20-12-19(6-7-21(20)26)33-25(3)8-9-25/h6-7,12-13,16-18,24H,5,8-11,14-15,26-27H2,1-4H3. The van der Waals surface area contributed by atoms with Crippen molar-refractivity contribution in [1.82, 2.24) is 14.9 Å². The van der Waals surface area contributed by atoms with Crippen LogP contribution in [0.15, 0.2) is 30.6 Å². The van der Waals surface area contributed by atoms with E-state index in [-0.39, 0.29) is 5.60 Å². The zero-order valence-corrected chi connectivity index (χ0v) is 20.3. The molecule has 3 atom stereocenters. The molecular weight excluding hydrogens is 416 g/mol. The lowest BCUT2D eigenvalue weighted by molar-refractivity contribution is 0.0605. The summed E-state index contributed by atoms with van der Waals surface area (Å²) in [5, 5.41) is 0. The molecule has 2 aromatic rings. The van der Waals surface area contributed by atoms with E-state index < -0.39 is 6.04 Å². The Labute approximate surface area is 197 Å². The topological polar surface area (TPSA) is 103 Å². The first-order valence-corrected chi connectivity index (χ1v) is 12.0. The smallest absolute Gasteiger partial charge is 0.132 e. The summed E-state index contributed by atoms with van der Waals surface area (Å²) in [5.74, 6) is 1.71. The molecule has 1 aromatic heterocycles. The number of nitrogen functional groups attached to an aromatic ring is 1. The van der Waals surface area contributed by atoms with Gasteiger partial charge >= 0.3 is 0 Å². The zero-order chi connectivity index (χ0) is 23.6. The second kappa shape index (κ2) is 9.83. The van der Waals surface area contributed by atoms with Gasteiger partial charge in [-0.05, 0) is 51.3 Å². The first-order valence-electron chi connectivity index (χ1n) is 12.0. The first kappa shape index (κ1) is 23.7. The maximum atomic E-state index is 6.65. The minimum absolute atomic E-state index is 0.0573. The van der Waals surface area contributed by atoms with Gasteiger partial charge in [0.1, 0.15) is 23.5 Å². The quantitative estimate of drug-likeness (QED) is 0.558. The molecule has 0 amide bonds. The average Bonchev–Trinajstić information content (AvgIpc) is 3.56. The minimum Gasteiger partial charge on any atom is -0.488 e. The van der Waals surface area contributed by atoms with E-state index in [0.717, 1.165) is 68.3 Å². The maximum absolute atomic E-state index is 6.65. The molecule has 4 rings (SSSR count). The van der Waals surface area contributed by atoms with Crippen LogP contribution in [0.5, 0.6) is 5.75 Å². The molecule has 4 N–H and O–H groups in total. The molecule has 0 radical (unpaired) electrons. The van der Waals surface area contributed by atoms with Gasteiger partial charge in [-0.3, -0.25) is 4.90 Å². The van der Waals surface area contributed by atoms with Crippen molar-refractivity contribution in [2.45, 2.75) is 63.8 Å². The number of piperazine rings is 1. The summed E-state index contributed by atoms with van der Waals surface area (Å²) in [4.78, 5) is 13.9.